The highest BCUT2D eigenvalue weighted by Gasteiger charge is 2.34. The number of nitrogens with zero attached hydrogens (tertiary/aromatic N) is 1. The molecule has 2 heterocycles. The van der Waals surface area contributed by atoms with Crippen LogP contribution in [0.2, 0.25) is 0 Å². The Morgan fingerprint density at radius 1 is 1.31 bits per heavy atom. The van der Waals surface area contributed by atoms with Gasteiger partial charge in [-0.1, -0.05) is 6.07 Å². The number of aromatic nitrogens is 1. The number of fused-ring (bicyclic) bond motifs is 1. The van der Waals surface area contributed by atoms with Crippen LogP contribution in [0.3, 0.4) is 0 Å². The van der Waals surface area contributed by atoms with Gasteiger partial charge in [-0.15, -0.1) is 0 Å². The van der Waals surface area contributed by atoms with Crippen molar-refractivity contribution in [2.45, 2.75) is 31.4 Å². The average molecular weight is 395 g/mol. The number of primary amides is 1. The van der Waals surface area contributed by atoms with Gasteiger partial charge in [0, 0.05) is 17.5 Å². The number of nitrogens with one attached hydrogen (secondary N) is 1. The van der Waals surface area contributed by atoms with E-state index in [1.807, 2.05) is 18.2 Å². The van der Waals surface area contributed by atoms with E-state index in [1.54, 1.807) is 24.4 Å². The highest BCUT2D eigenvalue weighted by atomic mass is 16.5. The Hall–Kier alpha value is -3.39. The first-order valence-electron chi connectivity index (χ1n) is 9.37. The van der Waals surface area contributed by atoms with Gasteiger partial charge < -0.3 is 25.3 Å². The second-order valence-corrected chi connectivity index (χ2v) is 6.99. The molecule has 1 fully saturated rings. The summed E-state index contributed by atoms with van der Waals surface area (Å²) < 4.78 is 11.7. The van der Waals surface area contributed by atoms with Crippen molar-refractivity contribution in [1.29, 1.82) is 0 Å². The Balaban J connectivity index is 1.64. The summed E-state index contributed by atoms with van der Waals surface area (Å²) in [5, 5.41) is 12.4. The number of ether oxygens (including phenoxy) is 1. The fourth-order valence-electron chi connectivity index (χ4n) is 3.13. The van der Waals surface area contributed by atoms with Crippen LogP contribution >= 0.6 is 0 Å². The minimum absolute atomic E-state index is 0.169. The lowest BCUT2D eigenvalue weighted by molar-refractivity contribution is -0.120. The monoisotopic (exact) mass is 395 g/mol. The zero-order valence-electron chi connectivity index (χ0n) is 15.6. The molecular weight excluding hydrogens is 374 g/mol. The number of aliphatic hydroxyl groups excluding tert-OH is 1. The van der Waals surface area contributed by atoms with Gasteiger partial charge in [-0.2, -0.15) is 0 Å². The molecule has 1 unspecified atom stereocenters. The largest absolute Gasteiger partial charge is 0.487 e. The van der Waals surface area contributed by atoms with E-state index < -0.39 is 24.5 Å². The third-order valence-corrected chi connectivity index (χ3v) is 4.81. The van der Waals surface area contributed by atoms with E-state index >= 15 is 0 Å². The maximum absolute atomic E-state index is 12.9. The van der Waals surface area contributed by atoms with Crippen LogP contribution in [-0.4, -0.2) is 34.6 Å². The van der Waals surface area contributed by atoms with Crippen molar-refractivity contribution < 1.29 is 23.8 Å². The SMILES string of the molecule is NC(=O)C(CO)NC(=O)c1c(C2CC2)oc2ccc(OCc3ccccn3)cc12. The van der Waals surface area contributed by atoms with Crippen molar-refractivity contribution in [1.82, 2.24) is 10.3 Å². The standard InChI is InChI=1S/C21H21N3O5/c22-20(26)16(10-25)24-21(27)18-15-9-14(28-11-13-3-1-2-8-23-13)6-7-17(15)29-19(18)12-4-5-12/h1-3,6-9,12,16,25H,4-5,10-11H2,(H2,22,26)(H,24,27). The van der Waals surface area contributed by atoms with Gasteiger partial charge in [0.25, 0.3) is 5.91 Å². The number of aliphatic hydroxyl groups is 1. The van der Waals surface area contributed by atoms with Crippen LogP contribution in [0.5, 0.6) is 5.75 Å². The second-order valence-electron chi connectivity index (χ2n) is 6.99. The summed E-state index contributed by atoms with van der Waals surface area (Å²) in [6.45, 7) is -0.288. The normalized spacial score (nSPS) is 14.5. The molecule has 1 aliphatic carbocycles. The summed E-state index contributed by atoms with van der Waals surface area (Å²) >= 11 is 0. The molecule has 1 saturated carbocycles. The fourth-order valence-corrected chi connectivity index (χ4v) is 3.13. The van der Waals surface area contributed by atoms with E-state index in [0.717, 1.165) is 18.5 Å². The molecule has 150 valence electrons. The molecule has 2 aromatic heterocycles. The van der Waals surface area contributed by atoms with Crippen LogP contribution in [0.15, 0.2) is 47.0 Å². The van der Waals surface area contributed by atoms with Crippen molar-refractivity contribution in [3.8, 4) is 5.75 Å². The Kier molecular flexibility index (Phi) is 5.18. The van der Waals surface area contributed by atoms with Crippen LogP contribution < -0.4 is 15.8 Å². The topological polar surface area (TPSA) is 128 Å². The van der Waals surface area contributed by atoms with Gasteiger partial charge in [-0.05, 0) is 43.2 Å². The molecule has 0 radical (unpaired) electrons. The van der Waals surface area contributed by atoms with Gasteiger partial charge in [0.1, 0.15) is 29.7 Å². The van der Waals surface area contributed by atoms with Crippen molar-refractivity contribution in [2.75, 3.05) is 6.61 Å². The van der Waals surface area contributed by atoms with Crippen molar-refractivity contribution >= 4 is 22.8 Å². The zero-order chi connectivity index (χ0) is 20.4. The number of carbonyl (C=O) groups is 2. The van der Waals surface area contributed by atoms with E-state index in [2.05, 4.69) is 10.3 Å². The average Bonchev–Trinajstić information content (AvgIpc) is 3.51. The van der Waals surface area contributed by atoms with Crippen LogP contribution in [0.4, 0.5) is 0 Å². The molecule has 1 atom stereocenters. The first kappa shape index (κ1) is 18.9. The van der Waals surface area contributed by atoms with Gasteiger partial charge in [-0.25, -0.2) is 0 Å². The van der Waals surface area contributed by atoms with Gasteiger partial charge in [0.15, 0.2) is 0 Å². The number of rotatable bonds is 8. The minimum Gasteiger partial charge on any atom is -0.487 e. The maximum atomic E-state index is 12.9. The molecule has 3 aromatic rings. The van der Waals surface area contributed by atoms with E-state index in [4.69, 9.17) is 14.9 Å². The fraction of sp³-hybridized carbons (Fsp3) is 0.286. The van der Waals surface area contributed by atoms with Crippen molar-refractivity contribution in [3.63, 3.8) is 0 Å². The molecule has 4 N–H and O–H groups in total. The molecule has 8 nitrogen and oxygen atoms in total. The molecule has 0 saturated heterocycles. The van der Waals surface area contributed by atoms with E-state index in [9.17, 15) is 14.7 Å². The van der Waals surface area contributed by atoms with Crippen LogP contribution in [-0.2, 0) is 11.4 Å². The molecule has 29 heavy (non-hydrogen) atoms. The van der Waals surface area contributed by atoms with Crippen LogP contribution in [0, 0.1) is 0 Å². The third-order valence-electron chi connectivity index (χ3n) is 4.81. The summed E-state index contributed by atoms with van der Waals surface area (Å²) in [5.41, 5.74) is 6.92. The Bertz CT molecular complexity index is 1040. The van der Waals surface area contributed by atoms with Gasteiger partial charge in [0.05, 0.1) is 17.9 Å². The highest BCUT2D eigenvalue weighted by molar-refractivity contribution is 6.09. The summed E-state index contributed by atoms with van der Waals surface area (Å²) in [7, 11) is 0. The predicted molar refractivity (Wildman–Crippen MR) is 104 cm³/mol. The summed E-state index contributed by atoms with van der Waals surface area (Å²) in [6.07, 6.45) is 3.56. The first-order chi connectivity index (χ1) is 14.1. The smallest absolute Gasteiger partial charge is 0.256 e. The summed E-state index contributed by atoms with van der Waals surface area (Å²) in [6, 6.07) is 9.67. The number of pyridine rings is 1. The quantitative estimate of drug-likeness (QED) is 0.534. The highest BCUT2D eigenvalue weighted by Crippen LogP contribution is 2.45. The lowest BCUT2D eigenvalue weighted by Crippen LogP contribution is -2.46. The second kappa shape index (κ2) is 7.92. The van der Waals surface area contributed by atoms with Crippen LogP contribution in [0.25, 0.3) is 11.0 Å². The van der Waals surface area contributed by atoms with Crippen molar-refractivity contribution in [2.24, 2.45) is 5.73 Å². The number of benzene rings is 1. The van der Waals surface area contributed by atoms with E-state index in [0.29, 0.717) is 28.0 Å². The number of furan rings is 1. The lowest BCUT2D eigenvalue weighted by atomic mass is 10.1. The Labute approximate surface area is 166 Å². The molecule has 1 aromatic carbocycles. The van der Waals surface area contributed by atoms with Gasteiger partial charge in [0.2, 0.25) is 5.91 Å². The molecular formula is C21H21N3O5. The molecule has 0 bridgehead atoms. The molecule has 4 rings (SSSR count). The van der Waals surface area contributed by atoms with E-state index in [1.165, 1.54) is 0 Å². The molecule has 0 spiro atoms. The molecule has 0 aliphatic heterocycles. The number of nitrogens with two attached hydrogens (primary N) is 1. The van der Waals surface area contributed by atoms with Crippen LogP contribution in [0.1, 0.15) is 40.6 Å². The summed E-state index contributed by atoms with van der Waals surface area (Å²) in [5.74, 6) is 0.00284. The van der Waals surface area contributed by atoms with E-state index in [-0.39, 0.29) is 12.5 Å². The number of amides is 2. The Morgan fingerprint density at radius 2 is 2.14 bits per heavy atom. The Morgan fingerprint density at radius 3 is 2.79 bits per heavy atom. The molecule has 1 aliphatic rings. The third kappa shape index (κ3) is 4.07. The number of hydrogen-bond acceptors (Lipinski definition) is 6. The zero-order valence-corrected chi connectivity index (χ0v) is 15.6. The van der Waals surface area contributed by atoms with Crippen molar-refractivity contribution in [3.05, 3.63) is 59.6 Å². The predicted octanol–water partition coefficient (Wildman–Crippen LogP) is 1.86. The maximum Gasteiger partial charge on any atom is 0.256 e. The minimum atomic E-state index is -1.16. The van der Waals surface area contributed by atoms with Gasteiger partial charge in [-0.3, -0.25) is 14.6 Å². The molecule has 8 heteroatoms. The lowest BCUT2D eigenvalue weighted by Gasteiger charge is -2.13. The first-order valence-corrected chi connectivity index (χ1v) is 9.37. The van der Waals surface area contributed by atoms with Gasteiger partial charge >= 0.3 is 0 Å². The number of carbonyl (C=O) groups excluding carboxylic acids is 2. The molecule has 2 amide bonds. The summed E-state index contributed by atoms with van der Waals surface area (Å²) in [4.78, 5) is 28.5. The number of hydrogen-bond donors (Lipinski definition) is 3.